The number of halogens is 1. The molecule has 5 heteroatoms. The second-order valence-corrected chi connectivity index (χ2v) is 6.44. The van der Waals surface area contributed by atoms with Gasteiger partial charge in [-0.2, -0.15) is 0 Å². The second kappa shape index (κ2) is 7.05. The predicted octanol–water partition coefficient (Wildman–Crippen LogP) is 3.69. The van der Waals surface area contributed by atoms with E-state index in [-0.39, 0.29) is 11.5 Å². The average molecular weight is 340 g/mol. The summed E-state index contributed by atoms with van der Waals surface area (Å²) in [6.07, 6.45) is 1.31. The maximum absolute atomic E-state index is 13.9. The van der Waals surface area contributed by atoms with Crippen molar-refractivity contribution in [3.63, 3.8) is 0 Å². The minimum Gasteiger partial charge on any atom is -0.327 e. The number of carbonyl (C=O) groups is 2. The van der Waals surface area contributed by atoms with Crippen molar-refractivity contribution in [3.8, 4) is 0 Å². The summed E-state index contributed by atoms with van der Waals surface area (Å²) in [5.74, 6) is -1.22. The summed E-state index contributed by atoms with van der Waals surface area (Å²) in [5.41, 5.74) is 2.83. The molecule has 1 saturated heterocycles. The first-order chi connectivity index (χ1) is 12.0. The summed E-state index contributed by atoms with van der Waals surface area (Å²) < 4.78 is 13.9. The van der Waals surface area contributed by atoms with Crippen LogP contribution in [-0.2, 0) is 4.79 Å². The van der Waals surface area contributed by atoms with Gasteiger partial charge in [-0.15, -0.1) is 0 Å². The molecule has 0 radical (unpaired) electrons. The third kappa shape index (κ3) is 3.55. The van der Waals surface area contributed by atoms with Gasteiger partial charge in [-0.1, -0.05) is 29.8 Å². The highest BCUT2D eigenvalue weighted by Gasteiger charge is 2.35. The van der Waals surface area contributed by atoms with Gasteiger partial charge in [0, 0.05) is 12.2 Å². The lowest BCUT2D eigenvalue weighted by Gasteiger charge is -2.24. The first-order valence-corrected chi connectivity index (χ1v) is 8.41. The van der Waals surface area contributed by atoms with E-state index < -0.39 is 17.8 Å². The Morgan fingerprint density at radius 3 is 2.64 bits per heavy atom. The van der Waals surface area contributed by atoms with Crippen LogP contribution in [0.2, 0.25) is 0 Å². The van der Waals surface area contributed by atoms with E-state index in [0.29, 0.717) is 13.0 Å². The van der Waals surface area contributed by atoms with Crippen molar-refractivity contribution >= 4 is 17.5 Å². The molecule has 0 aliphatic carbocycles. The number of rotatable bonds is 3. The molecule has 0 spiro atoms. The number of amides is 2. The van der Waals surface area contributed by atoms with Gasteiger partial charge in [0.2, 0.25) is 5.91 Å². The second-order valence-electron chi connectivity index (χ2n) is 6.44. The van der Waals surface area contributed by atoms with Gasteiger partial charge in [0.05, 0.1) is 5.56 Å². The number of nitrogens with one attached hydrogen (secondary N) is 1. The molecule has 2 amide bonds. The zero-order chi connectivity index (χ0) is 18.0. The monoisotopic (exact) mass is 340 g/mol. The molecule has 1 heterocycles. The third-order valence-electron chi connectivity index (χ3n) is 4.56. The largest absolute Gasteiger partial charge is 0.327 e. The molecule has 25 heavy (non-hydrogen) atoms. The molecule has 0 aromatic heterocycles. The van der Waals surface area contributed by atoms with Crippen LogP contribution in [0.5, 0.6) is 0 Å². The van der Waals surface area contributed by atoms with E-state index in [2.05, 4.69) is 5.32 Å². The third-order valence-corrected chi connectivity index (χ3v) is 4.56. The molecule has 2 aromatic carbocycles. The van der Waals surface area contributed by atoms with Crippen molar-refractivity contribution in [2.24, 2.45) is 0 Å². The molecule has 1 aliphatic heterocycles. The highest BCUT2D eigenvalue weighted by molar-refractivity contribution is 6.01. The van der Waals surface area contributed by atoms with Crippen LogP contribution in [0.15, 0.2) is 42.5 Å². The van der Waals surface area contributed by atoms with Crippen molar-refractivity contribution in [1.29, 1.82) is 0 Å². The van der Waals surface area contributed by atoms with Crippen molar-refractivity contribution in [1.82, 2.24) is 4.90 Å². The van der Waals surface area contributed by atoms with Gasteiger partial charge in [-0.05, 0) is 50.5 Å². The summed E-state index contributed by atoms with van der Waals surface area (Å²) in [5, 5.41) is 2.90. The highest BCUT2D eigenvalue weighted by atomic mass is 19.1. The van der Waals surface area contributed by atoms with Crippen molar-refractivity contribution < 1.29 is 14.0 Å². The van der Waals surface area contributed by atoms with E-state index in [1.54, 1.807) is 12.1 Å². The Bertz CT molecular complexity index is 819. The normalized spacial score (nSPS) is 16.8. The van der Waals surface area contributed by atoms with Crippen LogP contribution in [0, 0.1) is 19.7 Å². The van der Waals surface area contributed by atoms with Crippen LogP contribution < -0.4 is 5.32 Å². The van der Waals surface area contributed by atoms with Crippen LogP contribution in [-0.4, -0.2) is 29.3 Å². The Morgan fingerprint density at radius 2 is 1.92 bits per heavy atom. The number of hydrogen-bond donors (Lipinski definition) is 1. The maximum Gasteiger partial charge on any atom is 0.257 e. The molecule has 0 bridgehead atoms. The van der Waals surface area contributed by atoms with E-state index in [0.717, 1.165) is 23.2 Å². The molecular formula is C20H21FN2O2. The molecule has 4 nitrogen and oxygen atoms in total. The van der Waals surface area contributed by atoms with Crippen LogP contribution in [0.4, 0.5) is 10.1 Å². The molecule has 2 aromatic rings. The topological polar surface area (TPSA) is 49.4 Å². The summed E-state index contributed by atoms with van der Waals surface area (Å²) >= 11 is 0. The SMILES string of the molecule is Cc1ccc(NC(=O)[C@@H]2CCCN2C(=O)c2ccccc2F)c(C)c1. The molecule has 1 fully saturated rings. The number of hydrogen-bond acceptors (Lipinski definition) is 2. The predicted molar refractivity (Wildman–Crippen MR) is 95.0 cm³/mol. The van der Waals surface area contributed by atoms with E-state index in [1.165, 1.54) is 17.0 Å². The maximum atomic E-state index is 13.9. The number of aryl methyl sites for hydroxylation is 2. The van der Waals surface area contributed by atoms with Gasteiger partial charge < -0.3 is 10.2 Å². The number of benzene rings is 2. The number of likely N-dealkylation sites (tertiary alicyclic amines) is 1. The summed E-state index contributed by atoms with van der Waals surface area (Å²) in [4.78, 5) is 26.8. The van der Waals surface area contributed by atoms with Gasteiger partial charge in [0.1, 0.15) is 11.9 Å². The van der Waals surface area contributed by atoms with Crippen molar-refractivity contribution in [3.05, 3.63) is 65.0 Å². The van der Waals surface area contributed by atoms with Crippen molar-refractivity contribution in [2.75, 3.05) is 11.9 Å². The fourth-order valence-corrected chi connectivity index (χ4v) is 3.24. The van der Waals surface area contributed by atoms with Crippen LogP contribution >= 0.6 is 0 Å². The smallest absolute Gasteiger partial charge is 0.257 e. The van der Waals surface area contributed by atoms with Crippen molar-refractivity contribution in [2.45, 2.75) is 32.7 Å². The minimum absolute atomic E-state index is 0.00807. The lowest BCUT2D eigenvalue weighted by Crippen LogP contribution is -2.43. The summed E-state index contributed by atoms with van der Waals surface area (Å²) in [6.45, 7) is 4.38. The quantitative estimate of drug-likeness (QED) is 0.926. The van der Waals surface area contributed by atoms with E-state index in [9.17, 15) is 14.0 Å². The Hall–Kier alpha value is -2.69. The van der Waals surface area contributed by atoms with Crippen LogP contribution in [0.3, 0.4) is 0 Å². The Kier molecular flexibility index (Phi) is 4.83. The fourth-order valence-electron chi connectivity index (χ4n) is 3.24. The van der Waals surface area contributed by atoms with E-state index >= 15 is 0 Å². The number of nitrogens with zero attached hydrogens (tertiary/aromatic N) is 1. The standard InChI is InChI=1S/C20H21FN2O2/c1-13-9-10-17(14(2)12-13)22-19(24)18-8-5-11-23(18)20(25)15-6-3-4-7-16(15)21/h3-4,6-7,9-10,12,18H,5,8,11H2,1-2H3,(H,22,24)/t18-/m0/s1. The number of carbonyl (C=O) groups excluding carboxylic acids is 2. The Balaban J connectivity index is 1.78. The first kappa shape index (κ1) is 17.1. The molecule has 130 valence electrons. The van der Waals surface area contributed by atoms with Gasteiger partial charge in [0.25, 0.3) is 5.91 Å². The first-order valence-electron chi connectivity index (χ1n) is 8.41. The van der Waals surface area contributed by atoms with E-state index in [4.69, 9.17) is 0 Å². The summed E-state index contributed by atoms with van der Waals surface area (Å²) in [6, 6.07) is 11.1. The van der Waals surface area contributed by atoms with Gasteiger partial charge in [-0.25, -0.2) is 4.39 Å². The lowest BCUT2D eigenvalue weighted by atomic mass is 10.1. The molecule has 1 N–H and O–H groups in total. The zero-order valence-corrected chi connectivity index (χ0v) is 14.4. The fraction of sp³-hybridized carbons (Fsp3) is 0.300. The van der Waals surface area contributed by atoms with Gasteiger partial charge in [0.15, 0.2) is 0 Å². The van der Waals surface area contributed by atoms with E-state index in [1.807, 2.05) is 32.0 Å². The molecule has 0 saturated carbocycles. The number of anilines is 1. The Labute approximate surface area is 146 Å². The molecule has 1 aliphatic rings. The molecule has 1 atom stereocenters. The lowest BCUT2D eigenvalue weighted by molar-refractivity contribution is -0.119. The Morgan fingerprint density at radius 1 is 1.16 bits per heavy atom. The zero-order valence-electron chi connectivity index (χ0n) is 14.4. The molecular weight excluding hydrogens is 319 g/mol. The summed E-state index contributed by atoms with van der Waals surface area (Å²) in [7, 11) is 0. The van der Waals surface area contributed by atoms with Gasteiger partial charge >= 0.3 is 0 Å². The van der Waals surface area contributed by atoms with Gasteiger partial charge in [-0.3, -0.25) is 9.59 Å². The molecule has 0 unspecified atom stereocenters. The highest BCUT2D eigenvalue weighted by Crippen LogP contribution is 2.24. The van der Waals surface area contributed by atoms with Crippen LogP contribution in [0.1, 0.15) is 34.3 Å². The molecule has 3 rings (SSSR count). The van der Waals surface area contributed by atoms with Crippen LogP contribution in [0.25, 0.3) is 0 Å². The minimum atomic E-state index is -0.576. The average Bonchev–Trinajstić information content (AvgIpc) is 3.07.